The molecule has 0 aromatic heterocycles. The van der Waals surface area contributed by atoms with E-state index in [9.17, 15) is 0 Å². The summed E-state index contributed by atoms with van der Waals surface area (Å²) in [6, 6.07) is 9.98. The summed E-state index contributed by atoms with van der Waals surface area (Å²) in [6.07, 6.45) is 8.15. The van der Waals surface area contributed by atoms with Crippen molar-refractivity contribution in [3.63, 3.8) is 0 Å². The van der Waals surface area contributed by atoms with Gasteiger partial charge in [-0.1, -0.05) is 23.7 Å². The van der Waals surface area contributed by atoms with Gasteiger partial charge in [-0.25, -0.2) is 0 Å². The lowest BCUT2D eigenvalue weighted by molar-refractivity contribution is 0.286. The highest BCUT2D eigenvalue weighted by molar-refractivity contribution is 6.30. The number of rotatable bonds is 3. The van der Waals surface area contributed by atoms with Gasteiger partial charge >= 0.3 is 0 Å². The van der Waals surface area contributed by atoms with Crippen LogP contribution in [0.3, 0.4) is 0 Å². The molecule has 3 rings (SSSR count). The molecule has 2 aliphatic rings. The van der Waals surface area contributed by atoms with Gasteiger partial charge < -0.3 is 5.32 Å². The summed E-state index contributed by atoms with van der Waals surface area (Å²) < 4.78 is 0. The first kappa shape index (κ1) is 11.6. The Morgan fingerprint density at radius 2 is 1.71 bits per heavy atom. The largest absolute Gasteiger partial charge is 0.311 e. The van der Waals surface area contributed by atoms with Gasteiger partial charge in [-0.15, -0.1) is 0 Å². The summed E-state index contributed by atoms with van der Waals surface area (Å²) in [5.74, 6) is 0.935. The van der Waals surface area contributed by atoms with Crippen molar-refractivity contribution in [2.75, 3.05) is 0 Å². The number of hydrogen-bond donors (Lipinski definition) is 1. The molecular weight excluding hydrogens is 230 g/mol. The average molecular weight is 250 g/mol. The van der Waals surface area contributed by atoms with Gasteiger partial charge in [-0.2, -0.15) is 0 Å². The van der Waals surface area contributed by atoms with Gasteiger partial charge in [-0.3, -0.25) is 0 Å². The lowest BCUT2D eigenvalue weighted by Crippen LogP contribution is -2.38. The molecule has 2 aliphatic heterocycles. The van der Waals surface area contributed by atoms with Crippen molar-refractivity contribution in [2.24, 2.45) is 5.92 Å². The quantitative estimate of drug-likeness (QED) is 0.859. The number of fused-ring (bicyclic) bond motifs is 2. The summed E-state index contributed by atoms with van der Waals surface area (Å²) in [5.41, 5.74) is 1.43. The standard InChI is InChI=1S/C15H20ClN/c16-13-5-3-11(4-6-13)1-2-12-9-14-7-8-15(10-12)17-14/h3-6,12,14-15,17H,1-2,7-10H2/t12-,14+,15-. The van der Waals surface area contributed by atoms with E-state index in [4.69, 9.17) is 11.6 Å². The number of hydrogen-bond acceptors (Lipinski definition) is 1. The molecule has 1 N–H and O–H groups in total. The molecule has 2 heterocycles. The SMILES string of the molecule is Clc1ccc(CC[C@H]2C[C@H]3CC[C@@H](C2)N3)cc1. The summed E-state index contributed by atoms with van der Waals surface area (Å²) in [4.78, 5) is 0. The van der Waals surface area contributed by atoms with E-state index in [1.54, 1.807) is 0 Å². The van der Waals surface area contributed by atoms with Crippen LogP contribution in [0.2, 0.25) is 5.02 Å². The molecule has 0 spiro atoms. The molecule has 17 heavy (non-hydrogen) atoms. The van der Waals surface area contributed by atoms with Gasteiger partial charge in [0.25, 0.3) is 0 Å². The summed E-state index contributed by atoms with van der Waals surface area (Å²) in [5, 5.41) is 4.55. The van der Waals surface area contributed by atoms with Crippen LogP contribution in [-0.2, 0) is 6.42 Å². The van der Waals surface area contributed by atoms with Gasteiger partial charge in [0.15, 0.2) is 0 Å². The smallest absolute Gasteiger partial charge is 0.0406 e. The molecule has 3 atom stereocenters. The molecule has 92 valence electrons. The first-order chi connectivity index (χ1) is 8.29. The molecule has 2 bridgehead atoms. The lowest BCUT2D eigenvalue weighted by Gasteiger charge is -2.29. The molecule has 2 fully saturated rings. The predicted octanol–water partition coefficient (Wildman–Crippen LogP) is 3.80. The molecule has 0 aliphatic carbocycles. The molecule has 2 heteroatoms. The second-order valence-electron chi connectivity index (χ2n) is 5.64. The average Bonchev–Trinajstić information content (AvgIpc) is 2.68. The third-order valence-corrected chi connectivity index (χ3v) is 4.58. The minimum atomic E-state index is 0.823. The van der Waals surface area contributed by atoms with Crippen LogP contribution in [-0.4, -0.2) is 12.1 Å². The fraction of sp³-hybridized carbons (Fsp3) is 0.600. The van der Waals surface area contributed by atoms with Crippen molar-refractivity contribution in [3.8, 4) is 0 Å². The minimum Gasteiger partial charge on any atom is -0.311 e. The highest BCUT2D eigenvalue weighted by atomic mass is 35.5. The number of piperidine rings is 1. The molecule has 0 saturated carbocycles. The third kappa shape index (κ3) is 2.83. The fourth-order valence-electron chi connectivity index (χ4n) is 3.43. The molecule has 1 aromatic carbocycles. The van der Waals surface area contributed by atoms with Gasteiger partial charge in [0.2, 0.25) is 0 Å². The van der Waals surface area contributed by atoms with Crippen molar-refractivity contribution in [2.45, 2.75) is 50.6 Å². The number of aryl methyl sites for hydroxylation is 1. The second-order valence-corrected chi connectivity index (χ2v) is 6.08. The molecule has 1 aromatic rings. The molecular formula is C15H20ClN. The van der Waals surface area contributed by atoms with Crippen molar-refractivity contribution < 1.29 is 0 Å². The van der Waals surface area contributed by atoms with Crippen LogP contribution in [0.4, 0.5) is 0 Å². The van der Waals surface area contributed by atoms with Gasteiger partial charge in [0.05, 0.1) is 0 Å². The first-order valence-corrected chi connectivity index (χ1v) is 7.18. The van der Waals surface area contributed by atoms with Crippen molar-refractivity contribution in [1.29, 1.82) is 0 Å². The zero-order valence-corrected chi connectivity index (χ0v) is 10.9. The van der Waals surface area contributed by atoms with E-state index in [1.165, 1.54) is 44.1 Å². The van der Waals surface area contributed by atoms with Crippen LogP contribution >= 0.6 is 11.6 Å². The minimum absolute atomic E-state index is 0.823. The molecule has 0 radical (unpaired) electrons. The maximum atomic E-state index is 5.90. The zero-order chi connectivity index (χ0) is 11.7. The van der Waals surface area contributed by atoms with Crippen LogP contribution in [0.25, 0.3) is 0 Å². The van der Waals surface area contributed by atoms with E-state index in [0.29, 0.717) is 0 Å². The summed E-state index contributed by atoms with van der Waals surface area (Å²) >= 11 is 5.90. The number of halogens is 1. The Labute approximate surface area is 109 Å². The maximum absolute atomic E-state index is 5.90. The van der Waals surface area contributed by atoms with Crippen molar-refractivity contribution in [3.05, 3.63) is 34.9 Å². The Bertz CT molecular complexity index is 361. The van der Waals surface area contributed by atoms with Crippen LogP contribution in [0, 0.1) is 5.92 Å². The Kier molecular flexibility index (Phi) is 3.39. The van der Waals surface area contributed by atoms with Gasteiger partial charge in [0.1, 0.15) is 0 Å². The highest BCUT2D eigenvalue weighted by Crippen LogP contribution is 2.33. The summed E-state index contributed by atoms with van der Waals surface area (Å²) in [7, 11) is 0. The predicted molar refractivity (Wildman–Crippen MR) is 72.4 cm³/mol. The van der Waals surface area contributed by atoms with Crippen molar-refractivity contribution >= 4 is 11.6 Å². The van der Waals surface area contributed by atoms with Gasteiger partial charge in [0, 0.05) is 17.1 Å². The number of benzene rings is 1. The Morgan fingerprint density at radius 3 is 2.35 bits per heavy atom. The van der Waals surface area contributed by atoms with Gasteiger partial charge in [-0.05, 0) is 62.1 Å². The van der Waals surface area contributed by atoms with E-state index in [2.05, 4.69) is 17.4 Å². The van der Waals surface area contributed by atoms with Crippen LogP contribution in [0.15, 0.2) is 24.3 Å². The van der Waals surface area contributed by atoms with E-state index < -0.39 is 0 Å². The topological polar surface area (TPSA) is 12.0 Å². The molecule has 1 nitrogen and oxygen atoms in total. The van der Waals surface area contributed by atoms with E-state index in [1.807, 2.05) is 12.1 Å². The second kappa shape index (κ2) is 4.99. The Hall–Kier alpha value is -0.530. The van der Waals surface area contributed by atoms with Crippen molar-refractivity contribution in [1.82, 2.24) is 5.32 Å². The monoisotopic (exact) mass is 249 g/mol. The Morgan fingerprint density at radius 1 is 1.06 bits per heavy atom. The maximum Gasteiger partial charge on any atom is 0.0406 e. The molecule has 2 saturated heterocycles. The zero-order valence-electron chi connectivity index (χ0n) is 10.2. The van der Waals surface area contributed by atoms with E-state index in [0.717, 1.165) is 23.0 Å². The van der Waals surface area contributed by atoms with Crippen LogP contribution in [0.1, 0.15) is 37.7 Å². The highest BCUT2D eigenvalue weighted by Gasteiger charge is 2.32. The van der Waals surface area contributed by atoms with E-state index >= 15 is 0 Å². The fourth-order valence-corrected chi connectivity index (χ4v) is 3.56. The van der Waals surface area contributed by atoms with E-state index in [-0.39, 0.29) is 0 Å². The third-order valence-electron chi connectivity index (χ3n) is 4.33. The lowest BCUT2D eigenvalue weighted by atomic mass is 9.87. The van der Waals surface area contributed by atoms with Crippen LogP contribution < -0.4 is 5.32 Å². The summed E-state index contributed by atoms with van der Waals surface area (Å²) in [6.45, 7) is 0. The normalized spacial score (nSPS) is 31.7. The van der Waals surface area contributed by atoms with Crippen LogP contribution in [0.5, 0.6) is 0 Å². The first-order valence-electron chi connectivity index (χ1n) is 6.80. The molecule has 0 amide bonds. The Balaban J connectivity index is 1.52. The molecule has 0 unspecified atom stereocenters. The number of nitrogens with one attached hydrogen (secondary N) is 1.